The zero-order valence-corrected chi connectivity index (χ0v) is 13.6. The van der Waals surface area contributed by atoms with Gasteiger partial charge in [-0.2, -0.15) is 0 Å². The maximum Gasteiger partial charge on any atom is 0.225 e. The standard InChI is InChI=1S/C16H26N6O/c17-14(20-13-16(23)5-2-1-3-6-16)21-9-11-22(12-10-21)15-18-7-4-8-19-15/h4,7-8,23H,1-3,5-6,9-13H2,(H2,17,20). The van der Waals surface area contributed by atoms with E-state index in [0.717, 1.165) is 57.8 Å². The molecular formula is C16H26N6O. The molecule has 2 heterocycles. The Morgan fingerprint density at radius 1 is 1.13 bits per heavy atom. The first-order chi connectivity index (χ1) is 11.2. The van der Waals surface area contributed by atoms with Crippen molar-refractivity contribution in [2.45, 2.75) is 37.7 Å². The lowest BCUT2D eigenvalue weighted by Gasteiger charge is -2.36. The van der Waals surface area contributed by atoms with Gasteiger partial charge in [-0.05, 0) is 18.9 Å². The molecule has 1 saturated heterocycles. The second kappa shape index (κ2) is 7.12. The normalized spacial score (nSPS) is 22.2. The molecular weight excluding hydrogens is 292 g/mol. The maximum atomic E-state index is 10.5. The highest BCUT2D eigenvalue weighted by Gasteiger charge is 2.29. The first-order valence-electron chi connectivity index (χ1n) is 8.46. The summed E-state index contributed by atoms with van der Waals surface area (Å²) in [5, 5.41) is 10.5. The van der Waals surface area contributed by atoms with Gasteiger partial charge in [0.25, 0.3) is 0 Å². The molecule has 0 spiro atoms. The van der Waals surface area contributed by atoms with Gasteiger partial charge in [-0.1, -0.05) is 19.3 Å². The lowest BCUT2D eigenvalue weighted by molar-refractivity contribution is 0.0130. The number of piperazine rings is 1. The Morgan fingerprint density at radius 3 is 2.43 bits per heavy atom. The second-order valence-corrected chi connectivity index (χ2v) is 6.48. The highest BCUT2D eigenvalue weighted by Crippen LogP contribution is 2.28. The second-order valence-electron chi connectivity index (χ2n) is 6.48. The number of rotatable bonds is 3. The third kappa shape index (κ3) is 4.10. The van der Waals surface area contributed by atoms with E-state index >= 15 is 0 Å². The molecule has 0 aromatic carbocycles. The fraction of sp³-hybridized carbons (Fsp3) is 0.688. The summed E-state index contributed by atoms with van der Waals surface area (Å²) in [4.78, 5) is 17.2. The van der Waals surface area contributed by atoms with Crippen LogP contribution in [0, 0.1) is 0 Å². The fourth-order valence-electron chi connectivity index (χ4n) is 3.29. The summed E-state index contributed by atoms with van der Waals surface area (Å²) < 4.78 is 0. The van der Waals surface area contributed by atoms with Crippen LogP contribution in [0.4, 0.5) is 5.95 Å². The highest BCUT2D eigenvalue weighted by molar-refractivity contribution is 5.78. The maximum absolute atomic E-state index is 10.5. The van der Waals surface area contributed by atoms with Crippen LogP contribution in [-0.4, -0.2) is 64.3 Å². The Hall–Kier alpha value is -1.89. The molecule has 3 N–H and O–H groups in total. The topological polar surface area (TPSA) is 90.9 Å². The quantitative estimate of drug-likeness (QED) is 0.627. The Kier molecular flexibility index (Phi) is 4.95. The minimum absolute atomic E-state index is 0.418. The van der Waals surface area contributed by atoms with Gasteiger partial charge < -0.3 is 20.6 Å². The smallest absolute Gasteiger partial charge is 0.225 e. The van der Waals surface area contributed by atoms with Crippen LogP contribution in [0.2, 0.25) is 0 Å². The molecule has 1 aliphatic carbocycles. The summed E-state index contributed by atoms with van der Waals surface area (Å²) in [6.07, 6.45) is 8.57. The molecule has 0 unspecified atom stereocenters. The van der Waals surface area contributed by atoms with Crippen molar-refractivity contribution in [2.75, 3.05) is 37.6 Å². The van der Waals surface area contributed by atoms with Crippen molar-refractivity contribution in [2.24, 2.45) is 10.7 Å². The lowest BCUT2D eigenvalue weighted by Crippen LogP contribution is -2.52. The van der Waals surface area contributed by atoms with Gasteiger partial charge in [0.05, 0.1) is 12.1 Å². The molecule has 1 aromatic rings. The van der Waals surface area contributed by atoms with Gasteiger partial charge in [0.2, 0.25) is 5.95 Å². The molecule has 7 nitrogen and oxygen atoms in total. The number of aromatic nitrogens is 2. The Morgan fingerprint density at radius 2 is 1.78 bits per heavy atom. The number of aliphatic imine (C=N–C) groups is 1. The van der Waals surface area contributed by atoms with Crippen LogP contribution in [0.15, 0.2) is 23.5 Å². The summed E-state index contributed by atoms with van der Waals surface area (Å²) in [7, 11) is 0. The van der Waals surface area contributed by atoms with E-state index in [4.69, 9.17) is 5.73 Å². The number of hydrogen-bond acceptors (Lipinski definition) is 5. The summed E-state index contributed by atoms with van der Waals surface area (Å²) >= 11 is 0. The number of guanidine groups is 1. The van der Waals surface area contributed by atoms with Crippen molar-refractivity contribution in [3.8, 4) is 0 Å². The molecule has 1 saturated carbocycles. The van der Waals surface area contributed by atoms with Gasteiger partial charge >= 0.3 is 0 Å². The van der Waals surface area contributed by atoms with Crippen LogP contribution < -0.4 is 10.6 Å². The number of aliphatic hydroxyl groups is 1. The van der Waals surface area contributed by atoms with Crippen molar-refractivity contribution in [3.63, 3.8) is 0 Å². The molecule has 1 aromatic heterocycles. The average molecular weight is 318 g/mol. The minimum Gasteiger partial charge on any atom is -0.388 e. The monoisotopic (exact) mass is 318 g/mol. The van der Waals surface area contributed by atoms with Gasteiger partial charge in [-0.15, -0.1) is 0 Å². The minimum atomic E-state index is -0.650. The SMILES string of the molecule is NC(=NCC1(O)CCCCC1)N1CCN(c2ncccn2)CC1. The van der Waals surface area contributed by atoms with Gasteiger partial charge in [-0.25, -0.2) is 9.97 Å². The van der Waals surface area contributed by atoms with Crippen LogP contribution in [-0.2, 0) is 0 Å². The fourth-order valence-corrected chi connectivity index (χ4v) is 3.29. The molecule has 0 radical (unpaired) electrons. The largest absolute Gasteiger partial charge is 0.388 e. The molecule has 2 aliphatic rings. The third-order valence-corrected chi connectivity index (χ3v) is 4.76. The van der Waals surface area contributed by atoms with Gasteiger partial charge in [0, 0.05) is 38.6 Å². The lowest BCUT2D eigenvalue weighted by atomic mass is 9.85. The number of hydrogen-bond donors (Lipinski definition) is 2. The van der Waals surface area contributed by atoms with Crippen molar-refractivity contribution >= 4 is 11.9 Å². The molecule has 3 rings (SSSR count). The van der Waals surface area contributed by atoms with E-state index in [1.54, 1.807) is 12.4 Å². The Bertz CT molecular complexity index is 521. The van der Waals surface area contributed by atoms with E-state index in [1.165, 1.54) is 6.42 Å². The zero-order valence-electron chi connectivity index (χ0n) is 13.6. The summed E-state index contributed by atoms with van der Waals surface area (Å²) in [5.74, 6) is 1.30. The van der Waals surface area contributed by atoms with Crippen molar-refractivity contribution in [1.29, 1.82) is 0 Å². The molecule has 126 valence electrons. The van der Waals surface area contributed by atoms with Gasteiger partial charge in [-0.3, -0.25) is 4.99 Å². The van der Waals surface area contributed by atoms with Crippen LogP contribution in [0.3, 0.4) is 0 Å². The van der Waals surface area contributed by atoms with Crippen LogP contribution in [0.25, 0.3) is 0 Å². The van der Waals surface area contributed by atoms with Crippen LogP contribution >= 0.6 is 0 Å². The first kappa shape index (κ1) is 16.0. The predicted octanol–water partition coefficient (Wildman–Crippen LogP) is 0.608. The van der Waals surface area contributed by atoms with Crippen LogP contribution in [0.5, 0.6) is 0 Å². The van der Waals surface area contributed by atoms with Crippen molar-refractivity contribution in [3.05, 3.63) is 18.5 Å². The number of nitrogens with zero attached hydrogens (tertiary/aromatic N) is 5. The first-order valence-corrected chi connectivity index (χ1v) is 8.46. The van der Waals surface area contributed by atoms with E-state index in [2.05, 4.69) is 24.8 Å². The Labute approximate surface area is 137 Å². The number of nitrogens with two attached hydrogens (primary N) is 1. The number of anilines is 1. The molecule has 1 aliphatic heterocycles. The van der Waals surface area contributed by atoms with Crippen molar-refractivity contribution < 1.29 is 5.11 Å². The zero-order chi connectivity index (χ0) is 16.1. The van der Waals surface area contributed by atoms with E-state index in [1.807, 2.05) is 6.07 Å². The average Bonchev–Trinajstić information content (AvgIpc) is 2.61. The summed E-state index contributed by atoms with van der Waals surface area (Å²) in [5.41, 5.74) is 5.47. The molecule has 7 heteroatoms. The molecule has 0 atom stereocenters. The molecule has 0 amide bonds. The van der Waals surface area contributed by atoms with E-state index in [-0.39, 0.29) is 0 Å². The molecule has 2 fully saturated rings. The van der Waals surface area contributed by atoms with Crippen molar-refractivity contribution in [1.82, 2.24) is 14.9 Å². The highest BCUT2D eigenvalue weighted by atomic mass is 16.3. The molecule has 23 heavy (non-hydrogen) atoms. The third-order valence-electron chi connectivity index (χ3n) is 4.76. The predicted molar refractivity (Wildman–Crippen MR) is 90.3 cm³/mol. The van der Waals surface area contributed by atoms with E-state index < -0.39 is 5.60 Å². The Balaban J connectivity index is 1.51. The van der Waals surface area contributed by atoms with Gasteiger partial charge in [0.15, 0.2) is 5.96 Å². The molecule has 0 bridgehead atoms. The van der Waals surface area contributed by atoms with E-state index in [0.29, 0.717) is 12.5 Å². The van der Waals surface area contributed by atoms with Gasteiger partial charge in [0.1, 0.15) is 0 Å². The summed E-state index contributed by atoms with van der Waals surface area (Å²) in [6.45, 7) is 3.66. The van der Waals surface area contributed by atoms with E-state index in [9.17, 15) is 5.11 Å². The van der Waals surface area contributed by atoms with Crippen LogP contribution in [0.1, 0.15) is 32.1 Å². The summed E-state index contributed by atoms with van der Waals surface area (Å²) in [6, 6.07) is 1.82.